The van der Waals surface area contributed by atoms with Gasteiger partial charge < -0.3 is 11.1 Å². The van der Waals surface area contributed by atoms with Crippen molar-refractivity contribution >= 4 is 21.8 Å². The summed E-state index contributed by atoms with van der Waals surface area (Å²) in [5.41, 5.74) is 5.83. The molecule has 0 aliphatic carbocycles. The number of nitrogens with two attached hydrogens (primary N) is 1. The Kier molecular flexibility index (Phi) is 3.85. The number of nitrogens with zero attached hydrogens (tertiary/aromatic N) is 1. The maximum absolute atomic E-state index is 10.4. The summed E-state index contributed by atoms with van der Waals surface area (Å²) in [7, 11) is 0. The first-order chi connectivity index (χ1) is 6.18. The standard InChI is InChI=1S/C8H10BrN3O/c9-7-3-1-2-6(12-7)4-11-5-8(10)13/h1-3,11H,4-5H2,(H2,10,13). The molecule has 13 heavy (non-hydrogen) atoms. The Balaban J connectivity index is 2.41. The summed E-state index contributed by atoms with van der Waals surface area (Å²) in [5.74, 6) is -0.366. The Morgan fingerprint density at radius 1 is 1.62 bits per heavy atom. The third-order valence-electron chi connectivity index (χ3n) is 1.38. The molecule has 1 heterocycles. The molecule has 0 bridgehead atoms. The lowest BCUT2D eigenvalue weighted by Gasteiger charge is -2.01. The van der Waals surface area contributed by atoms with Crippen LogP contribution < -0.4 is 11.1 Å². The molecule has 4 nitrogen and oxygen atoms in total. The number of carbonyl (C=O) groups is 1. The summed E-state index contributed by atoms with van der Waals surface area (Å²) in [6.07, 6.45) is 0. The summed E-state index contributed by atoms with van der Waals surface area (Å²) in [6, 6.07) is 5.61. The molecule has 3 N–H and O–H groups in total. The first kappa shape index (κ1) is 10.1. The van der Waals surface area contributed by atoms with E-state index in [2.05, 4.69) is 26.2 Å². The maximum Gasteiger partial charge on any atom is 0.231 e. The van der Waals surface area contributed by atoms with E-state index in [0.717, 1.165) is 10.3 Å². The van der Waals surface area contributed by atoms with Crippen LogP contribution in [0.5, 0.6) is 0 Å². The third kappa shape index (κ3) is 4.00. The van der Waals surface area contributed by atoms with Gasteiger partial charge in [0.1, 0.15) is 4.60 Å². The van der Waals surface area contributed by atoms with Crippen LogP contribution in [0.2, 0.25) is 0 Å². The van der Waals surface area contributed by atoms with Gasteiger partial charge in [0.15, 0.2) is 0 Å². The van der Waals surface area contributed by atoms with Crippen molar-refractivity contribution in [2.45, 2.75) is 6.54 Å². The average molecular weight is 244 g/mol. The van der Waals surface area contributed by atoms with E-state index in [0.29, 0.717) is 6.54 Å². The summed E-state index contributed by atoms with van der Waals surface area (Å²) >= 11 is 3.25. The topological polar surface area (TPSA) is 68.0 Å². The van der Waals surface area contributed by atoms with Crippen LogP contribution in [0.4, 0.5) is 0 Å². The highest BCUT2D eigenvalue weighted by Crippen LogP contribution is 2.05. The van der Waals surface area contributed by atoms with E-state index in [-0.39, 0.29) is 12.5 Å². The molecule has 0 saturated carbocycles. The minimum absolute atomic E-state index is 0.175. The van der Waals surface area contributed by atoms with Gasteiger partial charge in [0.2, 0.25) is 5.91 Å². The van der Waals surface area contributed by atoms with Crippen molar-refractivity contribution in [3.8, 4) is 0 Å². The van der Waals surface area contributed by atoms with Gasteiger partial charge in [-0.15, -0.1) is 0 Å². The number of amides is 1. The summed E-state index contributed by atoms with van der Waals surface area (Å²) < 4.78 is 0.783. The van der Waals surface area contributed by atoms with E-state index in [1.165, 1.54) is 0 Å². The molecule has 1 rings (SSSR count). The predicted molar refractivity (Wildman–Crippen MR) is 52.8 cm³/mol. The van der Waals surface area contributed by atoms with Crippen LogP contribution in [0.15, 0.2) is 22.8 Å². The minimum Gasteiger partial charge on any atom is -0.369 e. The number of aromatic nitrogens is 1. The second kappa shape index (κ2) is 4.94. The molecule has 70 valence electrons. The largest absolute Gasteiger partial charge is 0.369 e. The van der Waals surface area contributed by atoms with Crippen molar-refractivity contribution < 1.29 is 4.79 Å². The second-order valence-corrected chi connectivity index (χ2v) is 3.33. The monoisotopic (exact) mass is 243 g/mol. The quantitative estimate of drug-likeness (QED) is 0.754. The Bertz CT molecular complexity index is 303. The van der Waals surface area contributed by atoms with Gasteiger partial charge in [0, 0.05) is 6.54 Å². The molecule has 0 atom stereocenters. The number of pyridine rings is 1. The van der Waals surface area contributed by atoms with Crippen molar-refractivity contribution in [2.24, 2.45) is 5.73 Å². The first-order valence-corrected chi connectivity index (χ1v) is 4.58. The Morgan fingerprint density at radius 2 is 2.38 bits per heavy atom. The number of hydrogen-bond acceptors (Lipinski definition) is 3. The highest BCUT2D eigenvalue weighted by atomic mass is 79.9. The van der Waals surface area contributed by atoms with Crippen molar-refractivity contribution in [2.75, 3.05) is 6.54 Å². The number of nitrogens with one attached hydrogen (secondary N) is 1. The van der Waals surface area contributed by atoms with Gasteiger partial charge in [-0.2, -0.15) is 0 Å². The molecule has 1 aromatic heterocycles. The zero-order valence-corrected chi connectivity index (χ0v) is 8.54. The van der Waals surface area contributed by atoms with Crippen LogP contribution in [0.3, 0.4) is 0 Å². The molecule has 0 aliphatic rings. The average Bonchev–Trinajstić information content (AvgIpc) is 2.03. The molecular weight excluding hydrogens is 234 g/mol. The normalized spacial score (nSPS) is 9.92. The number of carbonyl (C=O) groups excluding carboxylic acids is 1. The molecule has 0 saturated heterocycles. The summed E-state index contributed by atoms with van der Waals surface area (Å²) in [4.78, 5) is 14.6. The van der Waals surface area contributed by atoms with E-state index in [9.17, 15) is 4.79 Å². The van der Waals surface area contributed by atoms with Gasteiger partial charge in [0.05, 0.1) is 12.2 Å². The third-order valence-corrected chi connectivity index (χ3v) is 1.82. The van der Waals surface area contributed by atoms with Gasteiger partial charge in [-0.05, 0) is 28.1 Å². The van der Waals surface area contributed by atoms with E-state index < -0.39 is 0 Å². The summed E-state index contributed by atoms with van der Waals surface area (Å²) in [6.45, 7) is 0.719. The van der Waals surface area contributed by atoms with Crippen LogP contribution in [0.1, 0.15) is 5.69 Å². The lowest BCUT2D eigenvalue weighted by Crippen LogP contribution is -2.28. The molecule has 0 fully saturated rings. The van der Waals surface area contributed by atoms with Gasteiger partial charge in [-0.3, -0.25) is 4.79 Å². The summed E-state index contributed by atoms with van der Waals surface area (Å²) in [5, 5.41) is 2.87. The molecule has 1 aromatic rings. The number of halogens is 1. The molecule has 0 spiro atoms. The highest BCUT2D eigenvalue weighted by Gasteiger charge is 1.96. The molecule has 0 radical (unpaired) electrons. The molecule has 5 heteroatoms. The van der Waals surface area contributed by atoms with Crippen molar-refractivity contribution in [3.05, 3.63) is 28.5 Å². The van der Waals surface area contributed by atoms with Crippen molar-refractivity contribution in [1.29, 1.82) is 0 Å². The maximum atomic E-state index is 10.4. The first-order valence-electron chi connectivity index (χ1n) is 3.79. The Morgan fingerprint density at radius 3 is 3.00 bits per heavy atom. The van der Waals surface area contributed by atoms with E-state index in [1.54, 1.807) is 0 Å². The van der Waals surface area contributed by atoms with Crippen LogP contribution in [-0.4, -0.2) is 17.4 Å². The van der Waals surface area contributed by atoms with Crippen LogP contribution in [0.25, 0.3) is 0 Å². The zero-order valence-electron chi connectivity index (χ0n) is 6.96. The van der Waals surface area contributed by atoms with Gasteiger partial charge in [0.25, 0.3) is 0 Å². The molecule has 0 aromatic carbocycles. The SMILES string of the molecule is NC(=O)CNCc1cccc(Br)n1. The zero-order chi connectivity index (χ0) is 9.68. The van der Waals surface area contributed by atoms with Gasteiger partial charge >= 0.3 is 0 Å². The van der Waals surface area contributed by atoms with Crippen molar-refractivity contribution in [3.63, 3.8) is 0 Å². The number of primary amides is 1. The van der Waals surface area contributed by atoms with E-state index in [1.807, 2.05) is 18.2 Å². The molecule has 0 unspecified atom stereocenters. The Labute approximate surface area is 84.7 Å². The fourth-order valence-corrected chi connectivity index (χ4v) is 1.24. The van der Waals surface area contributed by atoms with Gasteiger partial charge in [-0.1, -0.05) is 6.07 Å². The lowest BCUT2D eigenvalue weighted by atomic mass is 10.3. The highest BCUT2D eigenvalue weighted by molar-refractivity contribution is 9.10. The minimum atomic E-state index is -0.366. The van der Waals surface area contributed by atoms with Crippen LogP contribution in [0, 0.1) is 0 Å². The predicted octanol–water partition coefficient (Wildman–Crippen LogP) is 0.419. The Hall–Kier alpha value is -0.940. The second-order valence-electron chi connectivity index (χ2n) is 2.52. The van der Waals surface area contributed by atoms with Crippen LogP contribution in [-0.2, 0) is 11.3 Å². The lowest BCUT2D eigenvalue weighted by molar-refractivity contribution is -0.117. The fourth-order valence-electron chi connectivity index (χ4n) is 0.863. The van der Waals surface area contributed by atoms with Gasteiger partial charge in [-0.25, -0.2) is 4.98 Å². The van der Waals surface area contributed by atoms with E-state index >= 15 is 0 Å². The number of rotatable bonds is 4. The van der Waals surface area contributed by atoms with Crippen molar-refractivity contribution in [1.82, 2.24) is 10.3 Å². The fraction of sp³-hybridized carbons (Fsp3) is 0.250. The van der Waals surface area contributed by atoms with E-state index in [4.69, 9.17) is 5.73 Å². The smallest absolute Gasteiger partial charge is 0.231 e. The molecular formula is C8H10BrN3O. The number of hydrogen-bond donors (Lipinski definition) is 2. The van der Waals surface area contributed by atoms with Crippen LogP contribution >= 0.6 is 15.9 Å². The molecule has 0 aliphatic heterocycles. The molecule has 1 amide bonds.